The van der Waals surface area contributed by atoms with Gasteiger partial charge in [0.1, 0.15) is 19.0 Å². The Morgan fingerprint density at radius 1 is 1.05 bits per heavy atom. The summed E-state index contributed by atoms with van der Waals surface area (Å²) in [4.78, 5) is 39.1. The fourth-order valence-corrected chi connectivity index (χ4v) is 4.48. The lowest BCUT2D eigenvalue weighted by atomic mass is 10.1. The van der Waals surface area contributed by atoms with Crippen molar-refractivity contribution in [3.63, 3.8) is 0 Å². The van der Waals surface area contributed by atoms with Crippen LogP contribution in [-0.4, -0.2) is 35.6 Å². The number of amides is 3. The Morgan fingerprint density at radius 2 is 1.81 bits per heavy atom. The highest BCUT2D eigenvalue weighted by Crippen LogP contribution is 2.35. The van der Waals surface area contributed by atoms with Crippen LogP contribution in [0.1, 0.15) is 22.3 Å². The van der Waals surface area contributed by atoms with E-state index < -0.39 is 17.1 Å². The Labute approximate surface area is 218 Å². The molecule has 4 rings (SSSR count). The van der Waals surface area contributed by atoms with Crippen molar-refractivity contribution in [1.82, 2.24) is 4.90 Å². The minimum absolute atomic E-state index is 0.201. The van der Waals surface area contributed by atoms with E-state index in [1.807, 2.05) is 26.0 Å². The fraction of sp³-hybridized carbons (Fsp3) is 0.179. The number of carbonyl (C=O) groups is 3. The van der Waals surface area contributed by atoms with Crippen LogP contribution in [0.15, 0.2) is 65.6 Å². The highest BCUT2D eigenvalue weighted by atomic mass is 32.2. The first kappa shape index (κ1) is 26.0. The van der Waals surface area contributed by atoms with Crippen LogP contribution >= 0.6 is 11.8 Å². The van der Waals surface area contributed by atoms with Crippen molar-refractivity contribution in [3.05, 3.63) is 93.6 Å². The zero-order chi connectivity index (χ0) is 26.5. The smallest absolute Gasteiger partial charge is 0.294 e. The molecule has 190 valence electrons. The summed E-state index contributed by atoms with van der Waals surface area (Å²) < 4.78 is 24.3. The average molecular weight is 521 g/mol. The summed E-state index contributed by atoms with van der Waals surface area (Å²) in [6.45, 7) is 3.67. The molecule has 1 N–H and O–H groups in total. The van der Waals surface area contributed by atoms with E-state index in [-0.39, 0.29) is 23.9 Å². The maximum absolute atomic E-state index is 13.1. The summed E-state index contributed by atoms with van der Waals surface area (Å²) >= 11 is 0.773. The van der Waals surface area contributed by atoms with Gasteiger partial charge in [-0.25, -0.2) is 4.39 Å². The van der Waals surface area contributed by atoms with E-state index in [0.29, 0.717) is 22.7 Å². The van der Waals surface area contributed by atoms with Crippen LogP contribution in [0.2, 0.25) is 0 Å². The number of thioether (sulfide) groups is 1. The Kier molecular flexibility index (Phi) is 7.93. The van der Waals surface area contributed by atoms with Crippen molar-refractivity contribution in [2.24, 2.45) is 0 Å². The van der Waals surface area contributed by atoms with Gasteiger partial charge in [0.2, 0.25) is 5.91 Å². The number of imide groups is 1. The monoisotopic (exact) mass is 520 g/mol. The molecule has 0 spiro atoms. The maximum atomic E-state index is 13.1. The van der Waals surface area contributed by atoms with E-state index in [4.69, 9.17) is 9.47 Å². The van der Waals surface area contributed by atoms with Gasteiger partial charge in [0, 0.05) is 5.69 Å². The Bertz CT molecular complexity index is 1390. The van der Waals surface area contributed by atoms with Gasteiger partial charge in [-0.05, 0) is 84.3 Å². The second kappa shape index (κ2) is 11.3. The van der Waals surface area contributed by atoms with Gasteiger partial charge in [-0.15, -0.1) is 0 Å². The third-order valence-corrected chi connectivity index (χ3v) is 6.75. The molecule has 0 atom stereocenters. The number of methoxy groups -OCH3 is 1. The molecule has 3 aromatic rings. The van der Waals surface area contributed by atoms with E-state index >= 15 is 0 Å². The highest BCUT2D eigenvalue weighted by molar-refractivity contribution is 8.18. The molecular weight excluding hydrogens is 495 g/mol. The molecule has 1 fully saturated rings. The van der Waals surface area contributed by atoms with E-state index in [9.17, 15) is 18.8 Å². The summed E-state index contributed by atoms with van der Waals surface area (Å²) in [7, 11) is 1.49. The number of hydrogen-bond donors (Lipinski definition) is 1. The van der Waals surface area contributed by atoms with Crippen LogP contribution in [-0.2, 0) is 16.2 Å². The van der Waals surface area contributed by atoms with Crippen LogP contribution < -0.4 is 14.8 Å². The van der Waals surface area contributed by atoms with Crippen molar-refractivity contribution in [2.75, 3.05) is 19.0 Å². The van der Waals surface area contributed by atoms with Crippen molar-refractivity contribution >= 4 is 40.6 Å². The Morgan fingerprint density at radius 3 is 2.54 bits per heavy atom. The minimum Gasteiger partial charge on any atom is -0.493 e. The average Bonchev–Trinajstić information content (AvgIpc) is 3.14. The molecule has 0 bridgehead atoms. The lowest BCUT2D eigenvalue weighted by Gasteiger charge is -2.14. The predicted octanol–water partition coefficient (Wildman–Crippen LogP) is 5.71. The first-order valence-corrected chi connectivity index (χ1v) is 12.2. The fourth-order valence-electron chi connectivity index (χ4n) is 3.64. The van der Waals surface area contributed by atoms with Gasteiger partial charge in [-0.3, -0.25) is 19.3 Å². The van der Waals surface area contributed by atoms with Crippen LogP contribution in [0.4, 0.5) is 14.9 Å². The normalized spacial score (nSPS) is 14.3. The number of aryl methyl sites for hydroxylation is 1. The molecule has 3 aromatic carbocycles. The first-order chi connectivity index (χ1) is 17.7. The quantitative estimate of drug-likeness (QED) is 0.383. The Balaban J connectivity index is 1.43. The number of anilines is 1. The van der Waals surface area contributed by atoms with Crippen molar-refractivity contribution in [2.45, 2.75) is 20.5 Å². The zero-order valence-corrected chi connectivity index (χ0v) is 21.4. The van der Waals surface area contributed by atoms with Gasteiger partial charge in [0.25, 0.3) is 11.1 Å². The topological polar surface area (TPSA) is 84.9 Å². The molecule has 3 amide bonds. The largest absolute Gasteiger partial charge is 0.493 e. The number of nitrogens with one attached hydrogen (secondary N) is 1. The number of benzene rings is 3. The third-order valence-electron chi connectivity index (χ3n) is 5.85. The molecular formula is C28H25FN2O5S. The van der Waals surface area contributed by atoms with Gasteiger partial charge in [0.05, 0.1) is 12.0 Å². The summed E-state index contributed by atoms with van der Waals surface area (Å²) in [6, 6.07) is 16.6. The Hall–Kier alpha value is -4.11. The molecule has 7 nitrogen and oxygen atoms in total. The standard InChI is InChI=1S/C28H25FN2O5S/c1-17-5-4-6-22(18(17)2)30-26(32)15-31-27(33)25(37-28(31)34)14-20-9-12-23(24(13-20)35-3)36-16-19-7-10-21(29)11-8-19/h4-14H,15-16H2,1-3H3,(H,30,32)/b25-14-. The molecule has 1 heterocycles. The van der Waals surface area contributed by atoms with E-state index in [0.717, 1.165) is 33.4 Å². The van der Waals surface area contributed by atoms with Crippen LogP contribution in [0.25, 0.3) is 6.08 Å². The minimum atomic E-state index is -0.540. The maximum Gasteiger partial charge on any atom is 0.294 e. The van der Waals surface area contributed by atoms with E-state index in [2.05, 4.69) is 5.32 Å². The van der Waals surface area contributed by atoms with Gasteiger partial charge >= 0.3 is 0 Å². The summed E-state index contributed by atoms with van der Waals surface area (Å²) in [6.07, 6.45) is 1.57. The van der Waals surface area contributed by atoms with E-state index in [1.54, 1.807) is 42.5 Å². The number of halogens is 1. The molecule has 0 aliphatic carbocycles. The molecule has 0 saturated carbocycles. The number of carbonyl (C=O) groups excluding carboxylic acids is 3. The predicted molar refractivity (Wildman–Crippen MR) is 141 cm³/mol. The lowest BCUT2D eigenvalue weighted by Crippen LogP contribution is -2.36. The molecule has 0 aromatic heterocycles. The molecule has 1 saturated heterocycles. The van der Waals surface area contributed by atoms with Gasteiger partial charge in [-0.2, -0.15) is 0 Å². The molecule has 37 heavy (non-hydrogen) atoms. The molecule has 0 radical (unpaired) electrons. The molecule has 1 aliphatic heterocycles. The summed E-state index contributed by atoms with van der Waals surface area (Å²) in [5.74, 6) is -0.413. The number of hydrogen-bond acceptors (Lipinski definition) is 6. The van der Waals surface area contributed by atoms with Crippen molar-refractivity contribution in [1.29, 1.82) is 0 Å². The number of ether oxygens (including phenoxy) is 2. The van der Waals surface area contributed by atoms with Gasteiger partial charge < -0.3 is 14.8 Å². The van der Waals surface area contributed by atoms with E-state index in [1.165, 1.54) is 19.2 Å². The van der Waals surface area contributed by atoms with Crippen molar-refractivity contribution in [3.8, 4) is 11.5 Å². The molecule has 9 heteroatoms. The second-order valence-electron chi connectivity index (χ2n) is 8.39. The van der Waals surface area contributed by atoms with Gasteiger partial charge in [0.15, 0.2) is 11.5 Å². The lowest BCUT2D eigenvalue weighted by molar-refractivity contribution is -0.127. The summed E-state index contributed by atoms with van der Waals surface area (Å²) in [5, 5.41) is 2.25. The molecule has 0 unspecified atom stereocenters. The van der Waals surface area contributed by atoms with Gasteiger partial charge in [-0.1, -0.05) is 30.3 Å². The second-order valence-corrected chi connectivity index (χ2v) is 9.38. The number of rotatable bonds is 8. The van der Waals surface area contributed by atoms with Crippen LogP contribution in [0.3, 0.4) is 0 Å². The third kappa shape index (κ3) is 6.18. The highest BCUT2D eigenvalue weighted by Gasteiger charge is 2.36. The summed E-state index contributed by atoms with van der Waals surface area (Å²) in [5.41, 5.74) is 4.00. The molecule has 1 aliphatic rings. The first-order valence-electron chi connectivity index (χ1n) is 11.4. The van der Waals surface area contributed by atoms with Crippen LogP contribution in [0.5, 0.6) is 11.5 Å². The van der Waals surface area contributed by atoms with Crippen molar-refractivity contribution < 1.29 is 28.2 Å². The SMILES string of the molecule is COc1cc(/C=C2\SC(=O)N(CC(=O)Nc3cccc(C)c3C)C2=O)ccc1OCc1ccc(F)cc1. The zero-order valence-electron chi connectivity index (χ0n) is 20.5. The van der Waals surface area contributed by atoms with Crippen LogP contribution in [0, 0.1) is 19.7 Å². The number of nitrogens with zero attached hydrogens (tertiary/aromatic N) is 1.